The van der Waals surface area contributed by atoms with Gasteiger partial charge in [0.05, 0.1) is 17.6 Å². The van der Waals surface area contributed by atoms with Crippen LogP contribution in [0.1, 0.15) is 20.8 Å². The maximum Gasteiger partial charge on any atom is 0.203 e. The van der Waals surface area contributed by atoms with Crippen LogP contribution in [0.4, 0.5) is 0 Å². The number of nitrogens with zero attached hydrogens (tertiary/aromatic N) is 3. The van der Waals surface area contributed by atoms with Crippen molar-refractivity contribution in [3.63, 3.8) is 0 Å². The number of fused-ring (bicyclic) bond motifs is 1. The Morgan fingerprint density at radius 2 is 1.68 bits per heavy atom. The van der Waals surface area contributed by atoms with E-state index >= 15 is 0 Å². The summed E-state index contributed by atoms with van der Waals surface area (Å²) in [6, 6.07) is 7.93. The highest BCUT2D eigenvalue weighted by Gasteiger charge is 2.23. The van der Waals surface area contributed by atoms with E-state index in [1.807, 2.05) is 68.3 Å². The maximum absolute atomic E-state index is 12.4. The van der Waals surface area contributed by atoms with Crippen LogP contribution in [0, 0.1) is 10.8 Å². The van der Waals surface area contributed by atoms with Crippen molar-refractivity contribution in [1.29, 1.82) is 5.41 Å². The third-order valence-corrected chi connectivity index (χ3v) is 3.88. The van der Waals surface area contributed by atoms with Gasteiger partial charge < -0.3 is 14.0 Å². The van der Waals surface area contributed by atoms with Gasteiger partial charge in [0.1, 0.15) is 0 Å². The number of hydrogen-bond acceptors (Lipinski definition) is 3. The summed E-state index contributed by atoms with van der Waals surface area (Å²) in [7, 11) is 4.04. The van der Waals surface area contributed by atoms with Crippen LogP contribution in [0.15, 0.2) is 24.3 Å². The largest absolute Gasteiger partial charge is 0.309 e. The lowest BCUT2D eigenvalue weighted by Crippen LogP contribution is -2.33. The number of aromatic nitrogens is 2. The summed E-state index contributed by atoms with van der Waals surface area (Å²) >= 11 is 0. The predicted octanol–water partition coefficient (Wildman–Crippen LogP) is 2.10. The summed E-state index contributed by atoms with van der Waals surface area (Å²) in [6.45, 7) is 7.61. The number of carbonyl (C=O) groups is 1. The third kappa shape index (κ3) is 3.30. The third-order valence-electron chi connectivity index (χ3n) is 3.88. The molecule has 0 radical (unpaired) electrons. The minimum atomic E-state index is -0.397. The normalized spacial score (nSPS) is 12.3. The van der Waals surface area contributed by atoms with Crippen molar-refractivity contribution in [2.75, 3.05) is 20.6 Å². The van der Waals surface area contributed by atoms with Crippen LogP contribution in [-0.2, 0) is 17.9 Å². The van der Waals surface area contributed by atoms with Gasteiger partial charge >= 0.3 is 0 Å². The number of para-hydroxylation sites is 2. The van der Waals surface area contributed by atoms with Crippen molar-refractivity contribution >= 4 is 16.8 Å². The fourth-order valence-electron chi connectivity index (χ4n) is 2.36. The molecule has 0 fully saturated rings. The molecule has 0 aliphatic heterocycles. The summed E-state index contributed by atoms with van der Waals surface area (Å²) in [5.74, 6) is 0.140. The van der Waals surface area contributed by atoms with Gasteiger partial charge in [0.2, 0.25) is 5.62 Å². The Labute approximate surface area is 131 Å². The Kier molecular flexibility index (Phi) is 4.56. The molecule has 0 saturated heterocycles. The fourth-order valence-corrected chi connectivity index (χ4v) is 2.36. The molecule has 0 saturated carbocycles. The zero-order chi connectivity index (χ0) is 16.5. The van der Waals surface area contributed by atoms with Crippen molar-refractivity contribution in [1.82, 2.24) is 14.0 Å². The molecule has 5 heteroatoms. The van der Waals surface area contributed by atoms with Crippen molar-refractivity contribution in [3.8, 4) is 0 Å². The van der Waals surface area contributed by atoms with Gasteiger partial charge in [0.15, 0.2) is 5.78 Å². The van der Waals surface area contributed by atoms with E-state index in [0.29, 0.717) is 5.62 Å². The maximum atomic E-state index is 12.4. The number of benzene rings is 1. The molecule has 1 heterocycles. The first kappa shape index (κ1) is 16.5. The summed E-state index contributed by atoms with van der Waals surface area (Å²) in [5.41, 5.74) is 1.95. The molecule has 0 amide bonds. The molecule has 0 atom stereocenters. The summed E-state index contributed by atoms with van der Waals surface area (Å²) < 4.78 is 3.80. The highest BCUT2D eigenvalue weighted by molar-refractivity contribution is 5.85. The van der Waals surface area contributed by atoms with E-state index in [0.717, 1.165) is 24.1 Å². The number of likely N-dealkylation sites (N-methyl/N-ethyl adjacent to an activating group) is 1. The minimum Gasteiger partial charge on any atom is -0.309 e. The molecule has 0 aliphatic rings. The van der Waals surface area contributed by atoms with Crippen molar-refractivity contribution in [2.45, 2.75) is 33.9 Å². The van der Waals surface area contributed by atoms with Crippen LogP contribution in [0.3, 0.4) is 0 Å². The molecule has 120 valence electrons. The van der Waals surface area contributed by atoms with Crippen LogP contribution >= 0.6 is 0 Å². The van der Waals surface area contributed by atoms with Gasteiger partial charge in [-0.15, -0.1) is 0 Å². The quantitative estimate of drug-likeness (QED) is 0.919. The lowest BCUT2D eigenvalue weighted by Gasteiger charge is -2.17. The molecule has 1 N–H and O–H groups in total. The van der Waals surface area contributed by atoms with Crippen molar-refractivity contribution < 1.29 is 4.79 Å². The number of rotatable bonds is 5. The van der Waals surface area contributed by atoms with E-state index < -0.39 is 5.41 Å². The summed E-state index contributed by atoms with van der Waals surface area (Å²) in [5, 5.41) is 8.47. The molecule has 0 bridgehead atoms. The Hall–Kier alpha value is -1.88. The monoisotopic (exact) mass is 302 g/mol. The molecule has 1 aromatic carbocycles. The summed E-state index contributed by atoms with van der Waals surface area (Å²) in [6.07, 6.45) is 0. The highest BCUT2D eigenvalue weighted by atomic mass is 16.1. The van der Waals surface area contributed by atoms with Crippen LogP contribution in [-0.4, -0.2) is 40.5 Å². The Morgan fingerprint density at radius 1 is 1.14 bits per heavy atom. The minimum absolute atomic E-state index is 0.140. The first-order valence-corrected chi connectivity index (χ1v) is 7.62. The standard InChI is InChI=1S/C17H26N4O/c1-17(2,3)15(22)12-21-14-9-7-6-8-13(14)20(16(21)18)11-10-19(4)5/h6-9,18H,10-12H2,1-5H3. The summed E-state index contributed by atoms with van der Waals surface area (Å²) in [4.78, 5) is 14.5. The van der Waals surface area contributed by atoms with Crippen molar-refractivity contribution in [2.24, 2.45) is 5.41 Å². The van der Waals surface area contributed by atoms with E-state index in [-0.39, 0.29) is 12.3 Å². The SMILES string of the molecule is CN(C)CCn1c(=N)n(CC(=O)C(C)(C)C)c2ccccc21. The van der Waals surface area contributed by atoms with E-state index in [4.69, 9.17) is 5.41 Å². The van der Waals surface area contributed by atoms with E-state index in [2.05, 4.69) is 4.90 Å². The molecule has 0 unspecified atom stereocenters. The van der Waals surface area contributed by atoms with Crippen LogP contribution < -0.4 is 5.62 Å². The molecule has 0 aliphatic carbocycles. The highest BCUT2D eigenvalue weighted by Crippen LogP contribution is 2.18. The predicted molar refractivity (Wildman–Crippen MR) is 88.8 cm³/mol. The molecule has 2 rings (SSSR count). The molecular formula is C17H26N4O. The lowest BCUT2D eigenvalue weighted by molar-refractivity contribution is -0.126. The first-order valence-electron chi connectivity index (χ1n) is 7.62. The zero-order valence-electron chi connectivity index (χ0n) is 14.2. The lowest BCUT2D eigenvalue weighted by atomic mass is 9.91. The smallest absolute Gasteiger partial charge is 0.203 e. The van der Waals surface area contributed by atoms with E-state index in [1.165, 1.54) is 0 Å². The molecular weight excluding hydrogens is 276 g/mol. The van der Waals surface area contributed by atoms with Crippen molar-refractivity contribution in [3.05, 3.63) is 29.9 Å². The Morgan fingerprint density at radius 3 is 2.18 bits per heavy atom. The van der Waals surface area contributed by atoms with Crippen LogP contribution in [0.2, 0.25) is 0 Å². The number of hydrogen-bond donors (Lipinski definition) is 1. The first-order chi connectivity index (χ1) is 10.2. The second-order valence-corrected chi connectivity index (χ2v) is 7.03. The molecule has 2 aromatic rings. The fraction of sp³-hybridized carbons (Fsp3) is 0.529. The Balaban J connectivity index is 2.48. The average molecular weight is 302 g/mol. The van der Waals surface area contributed by atoms with E-state index in [1.54, 1.807) is 0 Å². The molecule has 5 nitrogen and oxygen atoms in total. The number of ketones is 1. The second kappa shape index (κ2) is 6.08. The number of imidazole rings is 1. The van der Waals surface area contributed by atoms with Gasteiger partial charge in [-0.3, -0.25) is 10.2 Å². The van der Waals surface area contributed by atoms with Gasteiger partial charge in [-0.25, -0.2) is 0 Å². The number of Topliss-reactive ketones (excluding diaryl/α,β-unsaturated/α-hetero) is 1. The molecule has 1 aromatic heterocycles. The van der Waals surface area contributed by atoms with E-state index in [9.17, 15) is 4.79 Å². The number of nitrogens with one attached hydrogen (secondary N) is 1. The van der Waals surface area contributed by atoms with Gasteiger partial charge in [0.25, 0.3) is 0 Å². The van der Waals surface area contributed by atoms with Gasteiger partial charge in [-0.05, 0) is 26.2 Å². The second-order valence-electron chi connectivity index (χ2n) is 7.03. The van der Waals surface area contributed by atoms with Crippen LogP contribution in [0.5, 0.6) is 0 Å². The zero-order valence-corrected chi connectivity index (χ0v) is 14.2. The number of carbonyl (C=O) groups excluding carboxylic acids is 1. The molecule has 0 spiro atoms. The topological polar surface area (TPSA) is 54.0 Å². The average Bonchev–Trinajstić information content (AvgIpc) is 2.68. The molecule has 22 heavy (non-hydrogen) atoms. The van der Waals surface area contributed by atoms with Gasteiger partial charge in [-0.2, -0.15) is 0 Å². The van der Waals surface area contributed by atoms with Gasteiger partial charge in [0, 0.05) is 18.5 Å². The van der Waals surface area contributed by atoms with Gasteiger partial charge in [-0.1, -0.05) is 32.9 Å². The Bertz CT molecular complexity index is 731. The van der Waals surface area contributed by atoms with Crippen LogP contribution in [0.25, 0.3) is 11.0 Å².